The minimum atomic E-state index is 0.0452. The average molecular weight is 252 g/mol. The quantitative estimate of drug-likeness (QED) is 0.660. The summed E-state index contributed by atoms with van der Waals surface area (Å²) in [4.78, 5) is 8.91. The molecule has 5 heteroatoms. The van der Waals surface area contributed by atoms with Crippen LogP contribution in [0.1, 0.15) is 39.4 Å². The van der Waals surface area contributed by atoms with Crippen molar-refractivity contribution >= 4 is 11.6 Å². The zero-order valence-corrected chi connectivity index (χ0v) is 11.5. The van der Waals surface area contributed by atoms with Gasteiger partial charge < -0.3 is 15.7 Å². The number of nitrogens with one attached hydrogen (secondary N) is 2. The molecule has 1 atom stereocenters. The number of rotatable bonds is 8. The number of aliphatic hydroxyl groups is 1. The van der Waals surface area contributed by atoms with Crippen molar-refractivity contribution in [2.24, 2.45) is 0 Å². The Labute approximate surface area is 109 Å². The summed E-state index contributed by atoms with van der Waals surface area (Å²) in [7, 11) is 0. The lowest BCUT2D eigenvalue weighted by Crippen LogP contribution is -2.23. The van der Waals surface area contributed by atoms with Gasteiger partial charge in [0.15, 0.2) is 0 Å². The van der Waals surface area contributed by atoms with Crippen LogP contribution in [-0.4, -0.2) is 34.3 Å². The Kier molecular flexibility index (Phi) is 6.43. The fourth-order valence-electron chi connectivity index (χ4n) is 1.66. The van der Waals surface area contributed by atoms with E-state index >= 15 is 0 Å². The Bertz CT molecular complexity index is 329. The third-order valence-corrected chi connectivity index (χ3v) is 2.67. The van der Waals surface area contributed by atoms with Gasteiger partial charge >= 0.3 is 0 Å². The third-order valence-electron chi connectivity index (χ3n) is 2.67. The van der Waals surface area contributed by atoms with Gasteiger partial charge in [-0.1, -0.05) is 13.8 Å². The molecule has 0 aromatic carbocycles. The van der Waals surface area contributed by atoms with Gasteiger partial charge in [-0.15, -0.1) is 0 Å². The third kappa shape index (κ3) is 4.49. The van der Waals surface area contributed by atoms with Crippen molar-refractivity contribution in [3.8, 4) is 0 Å². The summed E-state index contributed by atoms with van der Waals surface area (Å²) < 4.78 is 0. The fraction of sp³-hybridized carbons (Fsp3) is 0.692. The van der Waals surface area contributed by atoms with Gasteiger partial charge in [-0.05, 0) is 19.8 Å². The van der Waals surface area contributed by atoms with E-state index in [1.165, 1.54) is 0 Å². The molecule has 0 spiro atoms. The maximum absolute atomic E-state index is 9.21. The molecule has 0 radical (unpaired) electrons. The summed E-state index contributed by atoms with van der Waals surface area (Å²) in [5.41, 5.74) is 0. The number of aryl methyl sites for hydroxylation is 1. The molecule has 18 heavy (non-hydrogen) atoms. The Balaban J connectivity index is 2.87. The molecule has 0 saturated heterocycles. The van der Waals surface area contributed by atoms with Crippen molar-refractivity contribution in [3.05, 3.63) is 11.9 Å². The molecule has 1 rings (SSSR count). The predicted molar refractivity (Wildman–Crippen MR) is 75.0 cm³/mol. The van der Waals surface area contributed by atoms with Crippen LogP contribution in [0.15, 0.2) is 6.07 Å². The molecular weight excluding hydrogens is 228 g/mol. The van der Waals surface area contributed by atoms with E-state index in [1.807, 2.05) is 19.9 Å². The molecule has 1 aromatic rings. The van der Waals surface area contributed by atoms with E-state index in [1.54, 1.807) is 0 Å². The first kappa shape index (κ1) is 14.7. The average Bonchev–Trinajstić information content (AvgIpc) is 2.36. The SMILES string of the molecule is CCCc1nc(NCC)cc(NC(CC)CO)n1. The van der Waals surface area contributed by atoms with E-state index in [0.717, 1.165) is 43.3 Å². The van der Waals surface area contributed by atoms with Gasteiger partial charge in [0.2, 0.25) is 0 Å². The van der Waals surface area contributed by atoms with Crippen LogP contribution < -0.4 is 10.6 Å². The van der Waals surface area contributed by atoms with E-state index in [9.17, 15) is 5.11 Å². The number of aromatic nitrogens is 2. The molecule has 1 aromatic heterocycles. The van der Waals surface area contributed by atoms with Crippen molar-refractivity contribution in [3.63, 3.8) is 0 Å². The normalized spacial score (nSPS) is 12.2. The minimum absolute atomic E-state index is 0.0452. The standard InChI is InChI=1S/C13H24N4O/c1-4-7-11-16-12(14-6-3)8-13(17-11)15-10(5-2)9-18/h8,10,18H,4-7,9H2,1-3H3,(H2,14,15,16,17). The summed E-state index contributed by atoms with van der Waals surface area (Å²) in [6.07, 6.45) is 2.75. The van der Waals surface area contributed by atoms with Crippen LogP contribution in [-0.2, 0) is 6.42 Å². The zero-order chi connectivity index (χ0) is 13.4. The highest BCUT2D eigenvalue weighted by Gasteiger charge is 2.08. The highest BCUT2D eigenvalue weighted by molar-refractivity contribution is 5.48. The van der Waals surface area contributed by atoms with Crippen molar-refractivity contribution in [2.45, 2.75) is 46.1 Å². The predicted octanol–water partition coefficient (Wildman–Crippen LogP) is 2.04. The van der Waals surface area contributed by atoms with Gasteiger partial charge in [-0.25, -0.2) is 9.97 Å². The Morgan fingerprint density at radius 3 is 2.50 bits per heavy atom. The maximum Gasteiger partial charge on any atom is 0.133 e. The molecule has 3 N–H and O–H groups in total. The van der Waals surface area contributed by atoms with Crippen molar-refractivity contribution in [1.82, 2.24) is 9.97 Å². The van der Waals surface area contributed by atoms with Crippen LogP contribution in [0.4, 0.5) is 11.6 Å². The molecule has 1 unspecified atom stereocenters. The molecule has 102 valence electrons. The summed E-state index contributed by atoms with van der Waals surface area (Å²) >= 11 is 0. The monoisotopic (exact) mass is 252 g/mol. The van der Waals surface area contributed by atoms with Crippen LogP contribution in [0.5, 0.6) is 0 Å². The first-order valence-electron chi connectivity index (χ1n) is 6.72. The highest BCUT2D eigenvalue weighted by atomic mass is 16.3. The van der Waals surface area contributed by atoms with Gasteiger partial charge in [-0.2, -0.15) is 0 Å². The molecule has 0 fully saturated rings. The maximum atomic E-state index is 9.21. The van der Waals surface area contributed by atoms with Gasteiger partial charge in [0, 0.05) is 19.0 Å². The summed E-state index contributed by atoms with van der Waals surface area (Å²) in [6.45, 7) is 7.13. The Morgan fingerprint density at radius 1 is 1.22 bits per heavy atom. The summed E-state index contributed by atoms with van der Waals surface area (Å²) in [5, 5.41) is 15.6. The Hall–Kier alpha value is -1.36. The van der Waals surface area contributed by atoms with Gasteiger partial charge in [-0.3, -0.25) is 0 Å². The molecule has 0 aliphatic heterocycles. The molecule has 0 bridgehead atoms. The van der Waals surface area contributed by atoms with Gasteiger partial charge in [0.25, 0.3) is 0 Å². The zero-order valence-electron chi connectivity index (χ0n) is 11.5. The number of anilines is 2. The molecule has 0 aliphatic rings. The van der Waals surface area contributed by atoms with E-state index in [2.05, 4.69) is 27.5 Å². The summed E-state index contributed by atoms with van der Waals surface area (Å²) in [5.74, 6) is 2.46. The number of nitrogens with zero attached hydrogens (tertiary/aromatic N) is 2. The molecule has 5 nitrogen and oxygen atoms in total. The smallest absolute Gasteiger partial charge is 0.133 e. The van der Waals surface area contributed by atoms with Gasteiger partial charge in [0.1, 0.15) is 17.5 Å². The minimum Gasteiger partial charge on any atom is -0.394 e. The lowest BCUT2D eigenvalue weighted by Gasteiger charge is -2.16. The van der Waals surface area contributed by atoms with Crippen LogP contribution in [0.25, 0.3) is 0 Å². The van der Waals surface area contributed by atoms with E-state index in [0.29, 0.717) is 0 Å². The van der Waals surface area contributed by atoms with Crippen molar-refractivity contribution in [2.75, 3.05) is 23.8 Å². The second kappa shape index (κ2) is 7.87. The van der Waals surface area contributed by atoms with Gasteiger partial charge in [0.05, 0.1) is 12.6 Å². The number of hydrogen-bond acceptors (Lipinski definition) is 5. The van der Waals surface area contributed by atoms with Crippen LogP contribution in [0, 0.1) is 0 Å². The molecule has 1 heterocycles. The van der Waals surface area contributed by atoms with Crippen molar-refractivity contribution in [1.29, 1.82) is 0 Å². The fourth-order valence-corrected chi connectivity index (χ4v) is 1.66. The largest absolute Gasteiger partial charge is 0.394 e. The molecule has 0 aliphatic carbocycles. The van der Waals surface area contributed by atoms with E-state index in [-0.39, 0.29) is 12.6 Å². The summed E-state index contributed by atoms with van der Waals surface area (Å²) in [6, 6.07) is 1.94. The highest BCUT2D eigenvalue weighted by Crippen LogP contribution is 2.14. The molecule has 0 saturated carbocycles. The second-order valence-electron chi connectivity index (χ2n) is 4.27. The van der Waals surface area contributed by atoms with Crippen LogP contribution >= 0.6 is 0 Å². The number of aliphatic hydroxyl groups excluding tert-OH is 1. The Morgan fingerprint density at radius 2 is 1.94 bits per heavy atom. The molecule has 0 amide bonds. The van der Waals surface area contributed by atoms with Crippen LogP contribution in [0.3, 0.4) is 0 Å². The molecular formula is C13H24N4O. The topological polar surface area (TPSA) is 70.1 Å². The van der Waals surface area contributed by atoms with Crippen LogP contribution in [0.2, 0.25) is 0 Å². The van der Waals surface area contributed by atoms with Crippen molar-refractivity contribution < 1.29 is 5.11 Å². The lowest BCUT2D eigenvalue weighted by atomic mass is 10.2. The first-order valence-corrected chi connectivity index (χ1v) is 6.72. The lowest BCUT2D eigenvalue weighted by molar-refractivity contribution is 0.271. The van der Waals surface area contributed by atoms with E-state index in [4.69, 9.17) is 0 Å². The second-order valence-corrected chi connectivity index (χ2v) is 4.27. The first-order chi connectivity index (χ1) is 8.73. The van der Waals surface area contributed by atoms with E-state index < -0.39 is 0 Å². The number of hydrogen-bond donors (Lipinski definition) is 3.